The topological polar surface area (TPSA) is 78.7 Å². The van der Waals surface area contributed by atoms with Gasteiger partial charge in [0.25, 0.3) is 0 Å². The van der Waals surface area contributed by atoms with E-state index in [0.29, 0.717) is 17.6 Å². The Morgan fingerprint density at radius 3 is 2.76 bits per heavy atom. The normalized spacial score (nSPS) is 11.4. The van der Waals surface area contributed by atoms with Crippen LogP contribution in [-0.2, 0) is 6.54 Å². The predicted molar refractivity (Wildman–Crippen MR) is 114 cm³/mol. The number of benzene rings is 2. The van der Waals surface area contributed by atoms with Crippen LogP contribution in [0.5, 0.6) is 0 Å². The maximum Gasteiger partial charge on any atom is 0.350 e. The second-order valence-electron chi connectivity index (χ2n) is 6.37. The van der Waals surface area contributed by atoms with Gasteiger partial charge in [-0.2, -0.15) is 5.10 Å². The van der Waals surface area contributed by atoms with Gasteiger partial charge in [-0.25, -0.2) is 18.4 Å². The number of rotatable bonds is 5. The number of pyridine rings is 1. The van der Waals surface area contributed by atoms with Crippen molar-refractivity contribution in [2.24, 2.45) is 5.73 Å². The summed E-state index contributed by atoms with van der Waals surface area (Å²) in [7, 11) is 0. The van der Waals surface area contributed by atoms with Crippen LogP contribution in [0.4, 0.5) is 4.39 Å². The van der Waals surface area contributed by atoms with Crippen LogP contribution in [0.15, 0.2) is 83.9 Å². The molecule has 0 aliphatic heterocycles. The summed E-state index contributed by atoms with van der Waals surface area (Å²) in [5.74, 6) is 0. The molecule has 4 rings (SSSR count). The molecule has 0 saturated carbocycles. The zero-order chi connectivity index (χ0) is 19.5. The number of nitrogens with zero attached hydrogens (tertiary/aromatic N) is 4. The highest BCUT2D eigenvalue weighted by Crippen LogP contribution is 2.28. The molecule has 8 heteroatoms. The Labute approximate surface area is 172 Å². The maximum absolute atomic E-state index is 12.8. The molecule has 0 amide bonds. The van der Waals surface area contributed by atoms with E-state index < -0.39 is 0 Å². The molecule has 0 bridgehead atoms. The molecule has 6 nitrogen and oxygen atoms in total. The molecule has 0 fully saturated rings. The van der Waals surface area contributed by atoms with E-state index in [0.717, 1.165) is 21.9 Å². The zero-order valence-corrected chi connectivity index (χ0v) is 16.2. The third-order valence-electron chi connectivity index (χ3n) is 4.61. The third-order valence-corrected chi connectivity index (χ3v) is 4.61. The summed E-state index contributed by atoms with van der Waals surface area (Å²) in [4.78, 5) is 17.0. The highest BCUT2D eigenvalue weighted by Gasteiger charge is 2.10. The summed E-state index contributed by atoms with van der Waals surface area (Å²) in [6.45, 7) is 0.0468. The Balaban J connectivity index is 0.00000240. The van der Waals surface area contributed by atoms with Crippen LogP contribution in [0.1, 0.15) is 0 Å². The molecule has 0 spiro atoms. The van der Waals surface area contributed by atoms with Gasteiger partial charge in [-0.1, -0.05) is 36.4 Å². The molecule has 2 N–H and O–H groups in total. The lowest BCUT2D eigenvalue weighted by Crippen LogP contribution is -2.25. The van der Waals surface area contributed by atoms with Crippen LogP contribution in [0, 0.1) is 0 Å². The lowest BCUT2D eigenvalue weighted by Gasteiger charge is -2.08. The smallest absolute Gasteiger partial charge is 0.327 e. The average molecular weight is 412 g/mol. The molecule has 0 aliphatic carbocycles. The van der Waals surface area contributed by atoms with Gasteiger partial charge in [0.05, 0.1) is 18.6 Å². The van der Waals surface area contributed by atoms with Crippen molar-refractivity contribution in [2.75, 3.05) is 6.54 Å². The summed E-state index contributed by atoms with van der Waals surface area (Å²) in [6.07, 6.45) is 5.48. The van der Waals surface area contributed by atoms with Crippen LogP contribution >= 0.6 is 12.4 Å². The Morgan fingerprint density at radius 2 is 1.97 bits per heavy atom. The number of halogens is 2. The number of hydrogen-bond acceptors (Lipinski definition) is 4. The van der Waals surface area contributed by atoms with E-state index >= 15 is 0 Å². The van der Waals surface area contributed by atoms with Crippen molar-refractivity contribution >= 4 is 23.2 Å². The lowest BCUT2D eigenvalue weighted by atomic mass is 10.0. The second-order valence-corrected chi connectivity index (χ2v) is 6.37. The summed E-state index contributed by atoms with van der Waals surface area (Å²) >= 11 is 0. The van der Waals surface area contributed by atoms with Crippen molar-refractivity contribution in [3.63, 3.8) is 0 Å². The average Bonchev–Trinajstić information content (AvgIpc) is 3.11. The SMILES string of the molecule is Cl.NC/C(=C\F)Cn1ncn(-c2cccc(-c3cncc4ccccc34)c2)c1=O. The summed E-state index contributed by atoms with van der Waals surface area (Å²) in [5, 5.41) is 6.20. The maximum atomic E-state index is 12.8. The number of aromatic nitrogens is 4. The molecular formula is C21H19ClFN5O. The molecular weight excluding hydrogens is 393 g/mol. The first kappa shape index (κ1) is 20.4. The Hall–Kier alpha value is -3.29. The van der Waals surface area contributed by atoms with E-state index in [1.54, 1.807) is 0 Å². The first-order chi connectivity index (χ1) is 13.7. The van der Waals surface area contributed by atoms with E-state index in [1.807, 2.05) is 60.9 Å². The molecule has 0 radical (unpaired) electrons. The molecule has 2 aromatic carbocycles. The van der Waals surface area contributed by atoms with Crippen LogP contribution < -0.4 is 11.4 Å². The van der Waals surface area contributed by atoms with Crippen molar-refractivity contribution in [3.8, 4) is 16.8 Å². The fourth-order valence-corrected chi connectivity index (χ4v) is 3.13. The number of fused-ring (bicyclic) bond motifs is 1. The quantitative estimate of drug-likeness (QED) is 0.545. The van der Waals surface area contributed by atoms with Gasteiger partial charge in [0.2, 0.25) is 0 Å². The van der Waals surface area contributed by atoms with E-state index in [1.165, 1.54) is 15.6 Å². The zero-order valence-electron chi connectivity index (χ0n) is 15.4. The van der Waals surface area contributed by atoms with E-state index in [-0.39, 0.29) is 31.2 Å². The molecule has 0 saturated heterocycles. The van der Waals surface area contributed by atoms with Gasteiger partial charge in [-0.05, 0) is 28.7 Å². The van der Waals surface area contributed by atoms with Crippen LogP contribution in [-0.4, -0.2) is 25.9 Å². The van der Waals surface area contributed by atoms with Crippen LogP contribution in [0.25, 0.3) is 27.6 Å². The van der Waals surface area contributed by atoms with Gasteiger partial charge in [0.15, 0.2) is 0 Å². The minimum Gasteiger partial charge on any atom is -0.327 e. The minimum absolute atomic E-state index is 0. The van der Waals surface area contributed by atoms with Crippen molar-refractivity contribution in [1.82, 2.24) is 19.3 Å². The molecule has 29 heavy (non-hydrogen) atoms. The van der Waals surface area contributed by atoms with Crippen LogP contribution in [0.3, 0.4) is 0 Å². The molecule has 0 atom stereocenters. The monoisotopic (exact) mass is 411 g/mol. The Bertz CT molecular complexity index is 1230. The van der Waals surface area contributed by atoms with Gasteiger partial charge in [-0.15, -0.1) is 12.4 Å². The fraction of sp³-hybridized carbons (Fsp3) is 0.0952. The van der Waals surface area contributed by atoms with Gasteiger partial charge in [0, 0.05) is 29.9 Å². The van der Waals surface area contributed by atoms with E-state index in [9.17, 15) is 9.18 Å². The van der Waals surface area contributed by atoms with Crippen molar-refractivity contribution in [2.45, 2.75) is 6.54 Å². The minimum atomic E-state index is -0.360. The van der Waals surface area contributed by atoms with Gasteiger partial charge in [-0.3, -0.25) is 4.98 Å². The Kier molecular flexibility index (Phi) is 6.21. The highest BCUT2D eigenvalue weighted by atomic mass is 35.5. The molecule has 0 unspecified atom stereocenters. The predicted octanol–water partition coefficient (Wildman–Crippen LogP) is 3.48. The standard InChI is InChI=1S/C21H18FN5O.ClH/c22-9-15(10-23)13-27-21(28)26(14-25-27)18-6-3-5-16(8-18)20-12-24-11-17-4-1-2-7-19(17)20;/h1-9,11-12,14H,10,13,23H2;1H/b15-9+;. The molecule has 4 aromatic rings. The second kappa shape index (κ2) is 8.81. The fourth-order valence-electron chi connectivity index (χ4n) is 3.13. The molecule has 2 aromatic heterocycles. The Morgan fingerprint density at radius 1 is 1.14 bits per heavy atom. The van der Waals surface area contributed by atoms with Crippen molar-refractivity contribution in [1.29, 1.82) is 0 Å². The highest BCUT2D eigenvalue weighted by molar-refractivity contribution is 5.95. The van der Waals surface area contributed by atoms with Crippen molar-refractivity contribution in [3.05, 3.63) is 89.6 Å². The van der Waals surface area contributed by atoms with E-state index in [4.69, 9.17) is 5.73 Å². The summed E-state index contributed by atoms with van der Waals surface area (Å²) in [5.41, 5.74) is 7.98. The van der Waals surface area contributed by atoms with Crippen molar-refractivity contribution < 1.29 is 4.39 Å². The first-order valence-corrected chi connectivity index (χ1v) is 8.77. The third kappa shape index (κ3) is 3.96. The van der Waals surface area contributed by atoms with Crippen LogP contribution in [0.2, 0.25) is 0 Å². The van der Waals surface area contributed by atoms with Gasteiger partial charge >= 0.3 is 5.69 Å². The van der Waals surface area contributed by atoms with Gasteiger partial charge < -0.3 is 5.73 Å². The molecule has 2 heterocycles. The van der Waals surface area contributed by atoms with E-state index in [2.05, 4.69) is 10.1 Å². The molecule has 148 valence electrons. The summed E-state index contributed by atoms with van der Waals surface area (Å²) in [6, 6.07) is 15.6. The summed E-state index contributed by atoms with van der Waals surface area (Å²) < 4.78 is 15.4. The first-order valence-electron chi connectivity index (χ1n) is 8.77. The lowest BCUT2D eigenvalue weighted by molar-refractivity contribution is 0.612. The van der Waals surface area contributed by atoms with Gasteiger partial charge in [0.1, 0.15) is 6.33 Å². The molecule has 0 aliphatic rings. The number of hydrogen-bond donors (Lipinski definition) is 1. The largest absolute Gasteiger partial charge is 0.350 e. The number of nitrogens with two attached hydrogens (primary N) is 1.